The highest BCUT2D eigenvalue weighted by molar-refractivity contribution is 5.73. The van der Waals surface area contributed by atoms with E-state index in [0.717, 1.165) is 19.4 Å². The molecule has 2 rings (SSSR count). The number of ether oxygens (including phenoxy) is 2. The number of carbonyl (C=O) groups excluding carboxylic acids is 1. The molecule has 1 aliphatic heterocycles. The molecule has 0 N–H and O–H groups in total. The molecule has 11 heavy (non-hydrogen) atoms. The molecule has 62 valence electrons. The fourth-order valence-electron chi connectivity index (χ4n) is 2.09. The first kappa shape index (κ1) is 7.10. The minimum atomic E-state index is -0.0548. The number of hydrogen-bond acceptors (Lipinski definition) is 3. The predicted octanol–water partition coefficient (Wildman–Crippen LogP) is 0.584. The van der Waals surface area contributed by atoms with Crippen LogP contribution in [0.4, 0.5) is 0 Å². The molecule has 3 nitrogen and oxygen atoms in total. The molecule has 2 fully saturated rings. The molecule has 1 aliphatic carbocycles. The fourth-order valence-corrected chi connectivity index (χ4v) is 2.09. The number of methoxy groups -OCH3 is 1. The summed E-state index contributed by atoms with van der Waals surface area (Å²) in [5.41, 5.74) is 0. The van der Waals surface area contributed by atoms with Crippen LogP contribution in [0.3, 0.4) is 0 Å². The Morgan fingerprint density at radius 2 is 2.36 bits per heavy atom. The lowest BCUT2D eigenvalue weighted by Gasteiger charge is -2.18. The van der Waals surface area contributed by atoms with Crippen molar-refractivity contribution in [3.05, 3.63) is 0 Å². The van der Waals surface area contributed by atoms with E-state index in [-0.39, 0.29) is 11.9 Å². The Bertz CT molecular complexity index is 178. The van der Waals surface area contributed by atoms with Crippen LogP contribution >= 0.6 is 0 Å². The molecule has 2 bridgehead atoms. The van der Waals surface area contributed by atoms with Crippen LogP contribution in [-0.4, -0.2) is 25.8 Å². The molecule has 0 aromatic carbocycles. The molecule has 0 radical (unpaired) electrons. The van der Waals surface area contributed by atoms with Crippen molar-refractivity contribution in [2.75, 3.05) is 13.7 Å². The largest absolute Gasteiger partial charge is 0.469 e. The van der Waals surface area contributed by atoms with Crippen LogP contribution in [0, 0.1) is 11.8 Å². The van der Waals surface area contributed by atoms with Crippen LogP contribution in [0.2, 0.25) is 0 Å². The molecule has 3 unspecified atom stereocenters. The standard InChI is InChI=1S/C8H12O3/c1-10-8(9)7-3-6-2-5(7)4-11-6/h5-7H,2-4H2,1H3. The van der Waals surface area contributed by atoms with Crippen LogP contribution in [-0.2, 0) is 14.3 Å². The normalized spacial score (nSPS) is 41.0. The third kappa shape index (κ3) is 1.03. The van der Waals surface area contributed by atoms with Gasteiger partial charge in [-0.3, -0.25) is 4.79 Å². The van der Waals surface area contributed by atoms with E-state index in [1.165, 1.54) is 7.11 Å². The van der Waals surface area contributed by atoms with E-state index in [1.807, 2.05) is 0 Å². The van der Waals surface area contributed by atoms with E-state index in [4.69, 9.17) is 9.47 Å². The van der Waals surface area contributed by atoms with E-state index in [2.05, 4.69) is 0 Å². The lowest BCUT2D eigenvalue weighted by Crippen LogP contribution is -2.26. The van der Waals surface area contributed by atoms with Crippen molar-refractivity contribution in [2.24, 2.45) is 11.8 Å². The fraction of sp³-hybridized carbons (Fsp3) is 0.875. The van der Waals surface area contributed by atoms with Crippen molar-refractivity contribution in [3.63, 3.8) is 0 Å². The maximum absolute atomic E-state index is 11.1. The highest BCUT2D eigenvalue weighted by Gasteiger charge is 2.44. The Morgan fingerprint density at radius 3 is 2.82 bits per heavy atom. The van der Waals surface area contributed by atoms with E-state index in [0.29, 0.717) is 12.0 Å². The first-order valence-corrected chi connectivity index (χ1v) is 4.00. The van der Waals surface area contributed by atoms with Crippen molar-refractivity contribution in [1.29, 1.82) is 0 Å². The molecule has 0 aromatic rings. The maximum Gasteiger partial charge on any atom is 0.309 e. The summed E-state index contributed by atoms with van der Waals surface area (Å²) in [6.45, 7) is 0.754. The molecule has 3 atom stereocenters. The van der Waals surface area contributed by atoms with E-state index >= 15 is 0 Å². The monoisotopic (exact) mass is 156 g/mol. The average molecular weight is 156 g/mol. The summed E-state index contributed by atoms with van der Waals surface area (Å²) in [6.07, 6.45) is 2.26. The minimum Gasteiger partial charge on any atom is -0.469 e. The van der Waals surface area contributed by atoms with Crippen LogP contribution < -0.4 is 0 Å². The van der Waals surface area contributed by atoms with Gasteiger partial charge in [0.05, 0.1) is 25.7 Å². The molecule has 1 saturated carbocycles. The molecular formula is C8H12O3. The number of hydrogen-bond donors (Lipinski definition) is 0. The number of rotatable bonds is 1. The van der Waals surface area contributed by atoms with Gasteiger partial charge in [0, 0.05) is 0 Å². The van der Waals surface area contributed by atoms with Gasteiger partial charge in [-0.05, 0) is 18.8 Å². The molecule has 1 heterocycles. The highest BCUT2D eigenvalue weighted by atomic mass is 16.5. The van der Waals surface area contributed by atoms with Gasteiger partial charge in [0.25, 0.3) is 0 Å². The van der Waals surface area contributed by atoms with E-state index in [1.54, 1.807) is 0 Å². The van der Waals surface area contributed by atoms with Gasteiger partial charge in [0.1, 0.15) is 0 Å². The summed E-state index contributed by atoms with van der Waals surface area (Å²) in [6, 6.07) is 0. The second-order valence-electron chi connectivity index (χ2n) is 3.32. The van der Waals surface area contributed by atoms with Gasteiger partial charge < -0.3 is 9.47 Å². The zero-order valence-electron chi connectivity index (χ0n) is 6.58. The molecule has 1 saturated heterocycles. The van der Waals surface area contributed by atoms with Gasteiger partial charge in [0.2, 0.25) is 0 Å². The van der Waals surface area contributed by atoms with Crippen molar-refractivity contribution in [3.8, 4) is 0 Å². The second kappa shape index (κ2) is 2.48. The van der Waals surface area contributed by atoms with Crippen molar-refractivity contribution in [2.45, 2.75) is 18.9 Å². The van der Waals surface area contributed by atoms with Gasteiger partial charge in [-0.1, -0.05) is 0 Å². The average Bonchev–Trinajstić information content (AvgIpc) is 2.62. The van der Waals surface area contributed by atoms with Crippen LogP contribution in [0.25, 0.3) is 0 Å². The summed E-state index contributed by atoms with van der Waals surface area (Å²) in [5.74, 6) is 0.506. The predicted molar refractivity (Wildman–Crippen MR) is 38.0 cm³/mol. The Hall–Kier alpha value is -0.570. The van der Waals surface area contributed by atoms with Crippen LogP contribution in [0.1, 0.15) is 12.8 Å². The smallest absolute Gasteiger partial charge is 0.309 e. The number of esters is 1. The second-order valence-corrected chi connectivity index (χ2v) is 3.32. The summed E-state index contributed by atoms with van der Waals surface area (Å²) < 4.78 is 10.1. The third-order valence-corrected chi connectivity index (χ3v) is 2.70. The summed E-state index contributed by atoms with van der Waals surface area (Å²) in [7, 11) is 1.45. The van der Waals surface area contributed by atoms with Gasteiger partial charge in [-0.15, -0.1) is 0 Å². The van der Waals surface area contributed by atoms with Crippen molar-refractivity contribution in [1.82, 2.24) is 0 Å². The number of fused-ring (bicyclic) bond motifs is 2. The third-order valence-electron chi connectivity index (χ3n) is 2.70. The minimum absolute atomic E-state index is 0.0548. The molecule has 2 aliphatic rings. The SMILES string of the molecule is COC(=O)C1CC2CC1CO2. The Morgan fingerprint density at radius 1 is 1.55 bits per heavy atom. The van der Waals surface area contributed by atoms with Crippen molar-refractivity contribution < 1.29 is 14.3 Å². The van der Waals surface area contributed by atoms with Gasteiger partial charge >= 0.3 is 5.97 Å². The summed E-state index contributed by atoms with van der Waals surface area (Å²) in [5, 5.41) is 0. The quantitative estimate of drug-likeness (QED) is 0.521. The molecule has 3 heteroatoms. The van der Waals surface area contributed by atoms with Crippen molar-refractivity contribution >= 4 is 5.97 Å². The molecule has 0 aromatic heterocycles. The molecule has 0 spiro atoms. The van der Waals surface area contributed by atoms with Gasteiger partial charge in [0.15, 0.2) is 0 Å². The van der Waals surface area contributed by atoms with Crippen LogP contribution in [0.15, 0.2) is 0 Å². The molecule has 0 amide bonds. The lowest BCUT2D eigenvalue weighted by atomic mass is 9.97. The summed E-state index contributed by atoms with van der Waals surface area (Å²) >= 11 is 0. The number of carbonyl (C=O) groups is 1. The Labute approximate surface area is 65.7 Å². The highest BCUT2D eigenvalue weighted by Crippen LogP contribution is 2.40. The van der Waals surface area contributed by atoms with Gasteiger partial charge in [-0.2, -0.15) is 0 Å². The van der Waals surface area contributed by atoms with E-state index < -0.39 is 0 Å². The lowest BCUT2D eigenvalue weighted by molar-refractivity contribution is -0.149. The zero-order valence-corrected chi connectivity index (χ0v) is 6.58. The molecular weight excluding hydrogens is 144 g/mol. The summed E-state index contributed by atoms with van der Waals surface area (Å²) in [4.78, 5) is 11.1. The first-order valence-electron chi connectivity index (χ1n) is 4.00. The van der Waals surface area contributed by atoms with E-state index in [9.17, 15) is 4.79 Å². The van der Waals surface area contributed by atoms with Gasteiger partial charge in [-0.25, -0.2) is 0 Å². The Kier molecular flexibility index (Phi) is 1.60. The topological polar surface area (TPSA) is 35.5 Å². The maximum atomic E-state index is 11.1. The zero-order chi connectivity index (χ0) is 7.84. The Balaban J connectivity index is 2.02. The first-order chi connectivity index (χ1) is 5.31. The van der Waals surface area contributed by atoms with Crippen LogP contribution in [0.5, 0.6) is 0 Å².